The topological polar surface area (TPSA) is 38.0 Å². The van der Waals surface area contributed by atoms with Crippen molar-refractivity contribution in [3.8, 4) is 0 Å². The molecule has 3 N–H and O–H groups in total. The van der Waals surface area contributed by atoms with Gasteiger partial charge < -0.3 is 11.1 Å². The highest BCUT2D eigenvalue weighted by molar-refractivity contribution is 7.99. The first-order valence-electron chi connectivity index (χ1n) is 5.95. The molecule has 1 aromatic rings. The number of nitrogens with one attached hydrogen (secondary N) is 1. The van der Waals surface area contributed by atoms with E-state index in [1.54, 1.807) is 0 Å². The Morgan fingerprint density at radius 3 is 2.88 bits per heavy atom. The highest BCUT2D eigenvalue weighted by atomic mass is 32.2. The van der Waals surface area contributed by atoms with Crippen LogP contribution >= 0.6 is 11.8 Å². The van der Waals surface area contributed by atoms with Gasteiger partial charge in [-0.15, -0.1) is 11.8 Å². The number of nitrogen functional groups attached to an aromatic ring is 1. The molecule has 0 radical (unpaired) electrons. The van der Waals surface area contributed by atoms with Crippen molar-refractivity contribution < 1.29 is 0 Å². The van der Waals surface area contributed by atoms with Gasteiger partial charge in [-0.25, -0.2) is 0 Å². The summed E-state index contributed by atoms with van der Waals surface area (Å²) < 4.78 is 0. The second-order valence-electron chi connectivity index (χ2n) is 4.53. The minimum absolute atomic E-state index is 0.868. The molecule has 0 bridgehead atoms. The fraction of sp³-hybridized carbons (Fsp3) is 0.538. The molecular formula is C13H20N2S. The molecule has 2 nitrogen and oxygen atoms in total. The van der Waals surface area contributed by atoms with Gasteiger partial charge in [0.15, 0.2) is 0 Å². The number of nitrogens with two attached hydrogens (primary N) is 1. The Morgan fingerprint density at radius 2 is 2.12 bits per heavy atom. The van der Waals surface area contributed by atoms with Crippen LogP contribution in [0.2, 0.25) is 0 Å². The quantitative estimate of drug-likeness (QED) is 0.626. The van der Waals surface area contributed by atoms with E-state index in [0.29, 0.717) is 0 Å². The molecule has 88 valence electrons. The van der Waals surface area contributed by atoms with Crippen molar-refractivity contribution >= 4 is 17.4 Å². The maximum Gasteiger partial charge on any atom is 0.0325 e. The first-order chi connectivity index (χ1) is 7.75. The van der Waals surface area contributed by atoms with Gasteiger partial charge in [-0.1, -0.05) is 6.07 Å². The normalized spacial score (nSPS) is 17.6. The van der Waals surface area contributed by atoms with Gasteiger partial charge in [-0.2, -0.15) is 0 Å². The van der Waals surface area contributed by atoms with Gasteiger partial charge in [0.1, 0.15) is 0 Å². The van der Waals surface area contributed by atoms with Gasteiger partial charge >= 0.3 is 0 Å². The van der Waals surface area contributed by atoms with E-state index in [0.717, 1.165) is 11.6 Å². The number of benzene rings is 1. The molecule has 1 fully saturated rings. The highest BCUT2D eigenvalue weighted by Crippen LogP contribution is 2.28. The minimum atomic E-state index is 0.868. The van der Waals surface area contributed by atoms with E-state index in [4.69, 9.17) is 5.73 Å². The molecule has 2 rings (SSSR count). The van der Waals surface area contributed by atoms with Crippen LogP contribution in [0, 0.1) is 12.8 Å². The maximum atomic E-state index is 5.81. The number of anilines is 1. The lowest BCUT2D eigenvalue weighted by Crippen LogP contribution is -2.28. The minimum Gasteiger partial charge on any atom is -0.399 e. The third kappa shape index (κ3) is 3.16. The second-order valence-corrected chi connectivity index (χ2v) is 5.59. The van der Waals surface area contributed by atoms with Gasteiger partial charge in [0.05, 0.1) is 0 Å². The van der Waals surface area contributed by atoms with Crippen molar-refractivity contribution in [1.29, 1.82) is 0 Å². The van der Waals surface area contributed by atoms with Crippen LogP contribution in [0.25, 0.3) is 0 Å². The van der Waals surface area contributed by atoms with Gasteiger partial charge in [-0.3, -0.25) is 0 Å². The van der Waals surface area contributed by atoms with E-state index in [-0.39, 0.29) is 0 Å². The third-order valence-corrected chi connectivity index (χ3v) is 4.53. The van der Waals surface area contributed by atoms with E-state index >= 15 is 0 Å². The van der Waals surface area contributed by atoms with Crippen LogP contribution < -0.4 is 11.1 Å². The van der Waals surface area contributed by atoms with Crippen LogP contribution in [0.3, 0.4) is 0 Å². The summed E-state index contributed by atoms with van der Waals surface area (Å²) in [6, 6.07) is 6.19. The Morgan fingerprint density at radius 1 is 1.38 bits per heavy atom. The summed E-state index contributed by atoms with van der Waals surface area (Å²) in [4.78, 5) is 1.35. The van der Waals surface area contributed by atoms with Gasteiger partial charge in [0.25, 0.3) is 0 Å². The summed E-state index contributed by atoms with van der Waals surface area (Å²) in [5, 5.41) is 3.40. The lowest BCUT2D eigenvalue weighted by atomic mass is 10.0. The van der Waals surface area contributed by atoms with Crippen LogP contribution in [0.4, 0.5) is 5.69 Å². The average molecular weight is 236 g/mol. The molecule has 1 heterocycles. The van der Waals surface area contributed by atoms with E-state index in [1.807, 2.05) is 17.8 Å². The third-order valence-electron chi connectivity index (χ3n) is 3.15. The Labute approximate surface area is 102 Å². The molecule has 1 aliphatic rings. The molecule has 0 amide bonds. The SMILES string of the molecule is Cc1ccc(N)cc1SCC1CCNCC1. The highest BCUT2D eigenvalue weighted by Gasteiger charge is 2.13. The molecule has 0 saturated carbocycles. The number of thioether (sulfide) groups is 1. The fourth-order valence-electron chi connectivity index (χ4n) is 2.03. The predicted molar refractivity (Wildman–Crippen MR) is 71.9 cm³/mol. The Hall–Kier alpha value is -0.670. The number of aryl methyl sites for hydroxylation is 1. The van der Waals surface area contributed by atoms with E-state index < -0.39 is 0 Å². The van der Waals surface area contributed by atoms with Gasteiger partial charge in [-0.05, 0) is 56.5 Å². The van der Waals surface area contributed by atoms with Crippen molar-refractivity contribution in [2.24, 2.45) is 5.92 Å². The summed E-state index contributed by atoms with van der Waals surface area (Å²) in [5.74, 6) is 2.10. The number of hydrogen-bond acceptors (Lipinski definition) is 3. The molecule has 1 saturated heterocycles. The largest absolute Gasteiger partial charge is 0.399 e. The maximum absolute atomic E-state index is 5.81. The van der Waals surface area contributed by atoms with Crippen LogP contribution in [0.1, 0.15) is 18.4 Å². The van der Waals surface area contributed by atoms with Crippen molar-refractivity contribution in [2.75, 3.05) is 24.6 Å². The molecule has 0 unspecified atom stereocenters. The molecule has 3 heteroatoms. The van der Waals surface area contributed by atoms with E-state index in [1.165, 1.54) is 42.1 Å². The molecule has 0 aromatic heterocycles. The van der Waals surface area contributed by atoms with Crippen LogP contribution in [-0.2, 0) is 0 Å². The molecule has 1 aliphatic heterocycles. The summed E-state index contributed by atoms with van der Waals surface area (Å²) in [6.07, 6.45) is 2.63. The Bertz CT molecular complexity index is 346. The van der Waals surface area contributed by atoms with Crippen molar-refractivity contribution in [2.45, 2.75) is 24.7 Å². The summed E-state index contributed by atoms with van der Waals surface area (Å²) in [6.45, 7) is 4.52. The fourth-order valence-corrected chi connectivity index (χ4v) is 3.29. The van der Waals surface area contributed by atoms with E-state index in [9.17, 15) is 0 Å². The standard InChI is InChI=1S/C13H20N2S/c1-10-2-3-12(14)8-13(10)16-9-11-4-6-15-7-5-11/h2-3,8,11,15H,4-7,9,14H2,1H3. The van der Waals surface area contributed by atoms with Gasteiger partial charge in [0, 0.05) is 16.3 Å². The first kappa shape index (κ1) is 11.8. The lowest BCUT2D eigenvalue weighted by Gasteiger charge is -2.22. The van der Waals surface area contributed by atoms with Gasteiger partial charge in [0.2, 0.25) is 0 Å². The molecule has 1 aromatic carbocycles. The Balaban J connectivity index is 1.90. The summed E-state index contributed by atoms with van der Waals surface area (Å²) >= 11 is 1.96. The molecule has 0 aliphatic carbocycles. The number of rotatable bonds is 3. The predicted octanol–water partition coefficient (Wildman–Crippen LogP) is 2.67. The lowest BCUT2D eigenvalue weighted by molar-refractivity contribution is 0.408. The van der Waals surface area contributed by atoms with Crippen LogP contribution in [0.5, 0.6) is 0 Å². The molecule has 0 spiro atoms. The van der Waals surface area contributed by atoms with Crippen LogP contribution in [0.15, 0.2) is 23.1 Å². The zero-order valence-electron chi connectivity index (χ0n) is 9.83. The van der Waals surface area contributed by atoms with Crippen LogP contribution in [-0.4, -0.2) is 18.8 Å². The second kappa shape index (κ2) is 5.60. The average Bonchev–Trinajstić information content (AvgIpc) is 2.32. The zero-order chi connectivity index (χ0) is 11.4. The van der Waals surface area contributed by atoms with Crippen molar-refractivity contribution in [3.05, 3.63) is 23.8 Å². The number of piperidine rings is 1. The Kier molecular flexibility index (Phi) is 4.13. The van der Waals surface area contributed by atoms with Crippen molar-refractivity contribution in [1.82, 2.24) is 5.32 Å². The molecular weight excluding hydrogens is 216 g/mol. The number of hydrogen-bond donors (Lipinski definition) is 2. The first-order valence-corrected chi connectivity index (χ1v) is 6.94. The van der Waals surface area contributed by atoms with E-state index in [2.05, 4.69) is 24.4 Å². The zero-order valence-corrected chi connectivity index (χ0v) is 10.6. The van der Waals surface area contributed by atoms with Crippen molar-refractivity contribution in [3.63, 3.8) is 0 Å². The summed E-state index contributed by atoms with van der Waals surface area (Å²) in [5.41, 5.74) is 8.03. The monoisotopic (exact) mass is 236 g/mol. The molecule has 16 heavy (non-hydrogen) atoms. The molecule has 0 atom stereocenters. The summed E-state index contributed by atoms with van der Waals surface area (Å²) in [7, 11) is 0. The smallest absolute Gasteiger partial charge is 0.0325 e.